The van der Waals surface area contributed by atoms with Crippen LogP contribution in [0.5, 0.6) is 5.75 Å². The van der Waals surface area contributed by atoms with Gasteiger partial charge in [0.15, 0.2) is 0 Å². The third-order valence-corrected chi connectivity index (χ3v) is 3.84. The van der Waals surface area contributed by atoms with Gasteiger partial charge in [0.05, 0.1) is 7.11 Å². The van der Waals surface area contributed by atoms with E-state index in [0.29, 0.717) is 6.04 Å². The summed E-state index contributed by atoms with van der Waals surface area (Å²) in [5, 5.41) is 5.89. The van der Waals surface area contributed by atoms with Crippen molar-refractivity contribution < 1.29 is 4.74 Å². The first kappa shape index (κ1) is 13.9. The van der Waals surface area contributed by atoms with E-state index in [1.165, 1.54) is 22.8 Å². The van der Waals surface area contributed by atoms with Crippen molar-refractivity contribution >= 4 is 10.8 Å². The maximum atomic E-state index is 5.51. The number of nitrogens with one attached hydrogen (secondary N) is 1. The molecule has 1 unspecified atom stereocenters. The highest BCUT2D eigenvalue weighted by molar-refractivity contribution is 5.91. The number of benzene rings is 2. The Kier molecular flexibility index (Phi) is 4.80. The number of hydrogen-bond acceptors (Lipinski definition) is 2. The van der Waals surface area contributed by atoms with Crippen LogP contribution in [0, 0.1) is 0 Å². The number of fused-ring (bicyclic) bond motifs is 1. The van der Waals surface area contributed by atoms with Gasteiger partial charge in [0.1, 0.15) is 5.75 Å². The van der Waals surface area contributed by atoms with Gasteiger partial charge in [-0.2, -0.15) is 0 Å². The number of rotatable bonds is 6. The maximum Gasteiger partial charge on any atom is 0.126 e. The van der Waals surface area contributed by atoms with Crippen LogP contribution >= 0.6 is 0 Å². The lowest BCUT2D eigenvalue weighted by molar-refractivity contribution is 0.419. The molecule has 0 bridgehead atoms. The highest BCUT2D eigenvalue weighted by Crippen LogP contribution is 2.29. The Morgan fingerprint density at radius 3 is 2.53 bits per heavy atom. The van der Waals surface area contributed by atoms with E-state index < -0.39 is 0 Å². The summed E-state index contributed by atoms with van der Waals surface area (Å²) < 4.78 is 5.51. The first-order chi connectivity index (χ1) is 9.30. The Bertz CT molecular complexity index is 527. The fourth-order valence-corrected chi connectivity index (χ4v) is 2.64. The Labute approximate surface area is 115 Å². The van der Waals surface area contributed by atoms with E-state index in [2.05, 4.69) is 36.5 Å². The summed E-state index contributed by atoms with van der Waals surface area (Å²) in [6.45, 7) is 2.23. The van der Waals surface area contributed by atoms with E-state index in [-0.39, 0.29) is 0 Å². The summed E-state index contributed by atoms with van der Waals surface area (Å²) in [5.41, 5.74) is 1.38. The van der Waals surface area contributed by atoms with Gasteiger partial charge in [-0.15, -0.1) is 0 Å². The van der Waals surface area contributed by atoms with E-state index in [1.807, 2.05) is 19.2 Å². The van der Waals surface area contributed by atoms with Gasteiger partial charge in [0, 0.05) is 11.4 Å². The predicted octanol–water partition coefficient (Wildman–Crippen LogP) is 3.78. The van der Waals surface area contributed by atoms with Crippen LogP contribution in [0.3, 0.4) is 0 Å². The van der Waals surface area contributed by atoms with Crippen LogP contribution in [0.1, 0.15) is 25.3 Å². The molecule has 2 nitrogen and oxygen atoms in total. The van der Waals surface area contributed by atoms with E-state index in [1.54, 1.807) is 7.11 Å². The zero-order valence-corrected chi connectivity index (χ0v) is 12.1. The number of hydrogen-bond donors (Lipinski definition) is 1. The normalized spacial score (nSPS) is 12.6. The highest BCUT2D eigenvalue weighted by atomic mass is 16.5. The first-order valence-corrected chi connectivity index (χ1v) is 7.02. The van der Waals surface area contributed by atoms with Crippen LogP contribution in [-0.2, 0) is 6.42 Å². The van der Waals surface area contributed by atoms with Gasteiger partial charge in [0.25, 0.3) is 0 Å². The molecule has 2 heteroatoms. The number of aryl methyl sites for hydroxylation is 1. The van der Waals surface area contributed by atoms with Crippen molar-refractivity contribution in [2.45, 2.75) is 32.2 Å². The lowest BCUT2D eigenvalue weighted by atomic mass is 9.97. The molecule has 0 heterocycles. The smallest absolute Gasteiger partial charge is 0.126 e. The summed E-state index contributed by atoms with van der Waals surface area (Å²) in [4.78, 5) is 0. The molecule has 0 spiro atoms. The van der Waals surface area contributed by atoms with E-state index >= 15 is 0 Å². The van der Waals surface area contributed by atoms with Crippen LogP contribution in [0.4, 0.5) is 0 Å². The van der Waals surface area contributed by atoms with Crippen molar-refractivity contribution in [3.8, 4) is 5.75 Å². The Balaban J connectivity index is 2.32. The summed E-state index contributed by atoms with van der Waals surface area (Å²) in [6.07, 6.45) is 3.40. The summed E-state index contributed by atoms with van der Waals surface area (Å²) in [6, 6.07) is 13.3. The zero-order chi connectivity index (χ0) is 13.7. The summed E-state index contributed by atoms with van der Waals surface area (Å²) in [7, 11) is 3.78. The lowest BCUT2D eigenvalue weighted by Crippen LogP contribution is -2.24. The van der Waals surface area contributed by atoms with Crippen molar-refractivity contribution in [3.63, 3.8) is 0 Å². The van der Waals surface area contributed by atoms with Crippen LogP contribution in [0.15, 0.2) is 36.4 Å². The molecular formula is C17H23NO. The zero-order valence-electron chi connectivity index (χ0n) is 12.1. The first-order valence-electron chi connectivity index (χ1n) is 7.02. The van der Waals surface area contributed by atoms with Crippen LogP contribution in [0.25, 0.3) is 10.8 Å². The second-order valence-electron chi connectivity index (χ2n) is 4.91. The van der Waals surface area contributed by atoms with Crippen LogP contribution < -0.4 is 10.1 Å². The van der Waals surface area contributed by atoms with E-state index in [9.17, 15) is 0 Å². The maximum absolute atomic E-state index is 5.51. The van der Waals surface area contributed by atoms with Crippen LogP contribution in [-0.4, -0.2) is 20.2 Å². The Morgan fingerprint density at radius 2 is 1.89 bits per heavy atom. The summed E-state index contributed by atoms with van der Waals surface area (Å²) in [5.74, 6) is 0.977. The molecule has 102 valence electrons. The molecule has 1 N–H and O–H groups in total. The Morgan fingerprint density at radius 1 is 1.16 bits per heavy atom. The monoisotopic (exact) mass is 257 g/mol. The molecule has 2 aromatic rings. The molecular weight excluding hydrogens is 234 g/mol. The van der Waals surface area contributed by atoms with Crippen molar-refractivity contribution in [2.75, 3.05) is 14.2 Å². The number of methoxy groups -OCH3 is 1. The van der Waals surface area contributed by atoms with Crippen molar-refractivity contribution in [1.29, 1.82) is 0 Å². The van der Waals surface area contributed by atoms with Crippen molar-refractivity contribution in [2.24, 2.45) is 0 Å². The van der Waals surface area contributed by atoms with Gasteiger partial charge in [-0.05, 0) is 43.3 Å². The van der Waals surface area contributed by atoms with E-state index in [0.717, 1.165) is 18.6 Å². The largest absolute Gasteiger partial charge is 0.496 e. The van der Waals surface area contributed by atoms with Crippen molar-refractivity contribution in [1.82, 2.24) is 5.32 Å². The predicted molar refractivity (Wildman–Crippen MR) is 82.0 cm³/mol. The minimum absolute atomic E-state index is 0.588. The summed E-state index contributed by atoms with van der Waals surface area (Å²) >= 11 is 0. The molecule has 0 aromatic heterocycles. The fourth-order valence-electron chi connectivity index (χ4n) is 2.64. The fraction of sp³-hybridized carbons (Fsp3) is 0.412. The van der Waals surface area contributed by atoms with Gasteiger partial charge in [-0.3, -0.25) is 0 Å². The molecule has 0 aliphatic rings. The van der Waals surface area contributed by atoms with Gasteiger partial charge < -0.3 is 10.1 Å². The molecule has 0 aliphatic heterocycles. The molecule has 1 atom stereocenters. The molecule has 0 fully saturated rings. The molecule has 0 saturated heterocycles. The van der Waals surface area contributed by atoms with Gasteiger partial charge in [0.2, 0.25) is 0 Å². The minimum Gasteiger partial charge on any atom is -0.496 e. The molecule has 2 rings (SSSR count). The standard InChI is InChI=1S/C17H23NO/c1-4-15(18-2)12-11-14-8-5-7-13-9-6-10-16(19-3)17(13)14/h5-10,15,18H,4,11-12H2,1-3H3. The van der Waals surface area contributed by atoms with E-state index in [4.69, 9.17) is 4.74 Å². The van der Waals surface area contributed by atoms with Gasteiger partial charge in [-0.1, -0.05) is 37.3 Å². The molecule has 0 aliphatic carbocycles. The average molecular weight is 257 g/mol. The molecule has 2 aromatic carbocycles. The third kappa shape index (κ3) is 3.07. The molecule has 0 amide bonds. The average Bonchev–Trinajstić information content (AvgIpc) is 2.47. The molecule has 0 radical (unpaired) electrons. The SMILES string of the molecule is CCC(CCc1cccc2cccc(OC)c12)NC. The van der Waals surface area contributed by atoms with Crippen molar-refractivity contribution in [3.05, 3.63) is 42.0 Å². The molecule has 0 saturated carbocycles. The highest BCUT2D eigenvalue weighted by Gasteiger charge is 2.09. The minimum atomic E-state index is 0.588. The lowest BCUT2D eigenvalue weighted by Gasteiger charge is -2.15. The second-order valence-corrected chi connectivity index (χ2v) is 4.91. The second kappa shape index (κ2) is 6.58. The quantitative estimate of drug-likeness (QED) is 0.850. The Hall–Kier alpha value is -1.54. The molecule has 19 heavy (non-hydrogen) atoms. The van der Waals surface area contributed by atoms with Crippen LogP contribution in [0.2, 0.25) is 0 Å². The number of ether oxygens (including phenoxy) is 1. The van der Waals surface area contributed by atoms with Gasteiger partial charge >= 0.3 is 0 Å². The van der Waals surface area contributed by atoms with Gasteiger partial charge in [-0.25, -0.2) is 0 Å². The third-order valence-electron chi connectivity index (χ3n) is 3.84. The topological polar surface area (TPSA) is 21.3 Å².